The van der Waals surface area contributed by atoms with Crippen molar-refractivity contribution >= 4 is 5.69 Å². The fraction of sp³-hybridized carbons (Fsp3) is 0.625. The van der Waals surface area contributed by atoms with Gasteiger partial charge in [0.15, 0.2) is 0 Å². The molecule has 1 aliphatic rings. The molecule has 1 fully saturated rings. The van der Waals surface area contributed by atoms with Crippen LogP contribution in [0.2, 0.25) is 0 Å². The average molecular weight is 262 g/mol. The highest BCUT2D eigenvalue weighted by Crippen LogP contribution is 2.30. The Bertz CT molecular complexity index is 439. The van der Waals surface area contributed by atoms with Gasteiger partial charge < -0.3 is 15.8 Å². The topological polar surface area (TPSA) is 47.3 Å². The molecular weight excluding hydrogens is 236 g/mol. The molecule has 0 bridgehead atoms. The van der Waals surface area contributed by atoms with Crippen LogP contribution in [0, 0.1) is 12.3 Å². The first-order valence-electron chi connectivity index (χ1n) is 6.99. The van der Waals surface area contributed by atoms with Gasteiger partial charge >= 0.3 is 0 Å². The van der Waals surface area contributed by atoms with Crippen LogP contribution >= 0.6 is 0 Å². The van der Waals surface area contributed by atoms with Crippen molar-refractivity contribution in [2.24, 2.45) is 11.1 Å². The number of aryl methyl sites for hydroxylation is 1. The summed E-state index contributed by atoms with van der Waals surface area (Å²) in [4.78, 5) is 0. The summed E-state index contributed by atoms with van der Waals surface area (Å²) in [7, 11) is 0. The molecule has 0 aliphatic carbocycles. The van der Waals surface area contributed by atoms with E-state index in [1.165, 1.54) is 16.8 Å². The molecule has 1 saturated heterocycles. The normalized spacial score (nSPS) is 17.9. The molecule has 2 rings (SSSR count). The first-order valence-corrected chi connectivity index (χ1v) is 6.99. The third kappa shape index (κ3) is 3.10. The van der Waals surface area contributed by atoms with Crippen LogP contribution in [0.15, 0.2) is 18.2 Å². The van der Waals surface area contributed by atoms with Crippen LogP contribution in [0.3, 0.4) is 0 Å². The molecule has 0 atom stereocenters. The first-order chi connectivity index (χ1) is 8.86. The summed E-state index contributed by atoms with van der Waals surface area (Å²) in [5.74, 6) is 0. The molecule has 1 aliphatic heterocycles. The molecule has 3 N–H and O–H groups in total. The van der Waals surface area contributed by atoms with Gasteiger partial charge in [0, 0.05) is 24.2 Å². The molecular formula is C16H26N2O. The van der Waals surface area contributed by atoms with Crippen molar-refractivity contribution in [2.75, 3.05) is 31.6 Å². The van der Waals surface area contributed by atoms with Gasteiger partial charge in [-0.1, -0.05) is 32.9 Å². The molecule has 1 aromatic carbocycles. The van der Waals surface area contributed by atoms with E-state index in [0.717, 1.165) is 19.8 Å². The monoisotopic (exact) mass is 262 g/mol. The highest BCUT2D eigenvalue weighted by Gasteiger charge is 2.37. The Morgan fingerprint density at radius 1 is 1.32 bits per heavy atom. The van der Waals surface area contributed by atoms with E-state index in [4.69, 9.17) is 10.5 Å². The summed E-state index contributed by atoms with van der Waals surface area (Å²) < 4.78 is 5.31. The van der Waals surface area contributed by atoms with E-state index in [-0.39, 0.29) is 10.8 Å². The minimum absolute atomic E-state index is 0.129. The number of nitrogens with two attached hydrogens (primary N) is 1. The van der Waals surface area contributed by atoms with E-state index in [0.29, 0.717) is 6.54 Å². The SMILES string of the molecule is Cc1ccc(C(C)(C)C)cc1NCC1(CN)COC1. The zero-order chi connectivity index (χ0) is 14.1. The number of anilines is 1. The van der Waals surface area contributed by atoms with E-state index in [1.807, 2.05) is 0 Å². The summed E-state index contributed by atoms with van der Waals surface area (Å²) >= 11 is 0. The Hall–Kier alpha value is -1.06. The molecule has 0 unspecified atom stereocenters. The number of rotatable bonds is 4. The Balaban J connectivity index is 2.11. The number of benzene rings is 1. The van der Waals surface area contributed by atoms with Crippen molar-refractivity contribution in [3.63, 3.8) is 0 Å². The lowest BCUT2D eigenvalue weighted by molar-refractivity contribution is -0.0979. The fourth-order valence-corrected chi connectivity index (χ4v) is 2.24. The van der Waals surface area contributed by atoms with E-state index in [2.05, 4.69) is 51.2 Å². The van der Waals surface area contributed by atoms with Gasteiger partial charge in [0.1, 0.15) is 0 Å². The third-order valence-corrected chi connectivity index (χ3v) is 4.01. The van der Waals surface area contributed by atoms with Crippen LogP contribution in [0.4, 0.5) is 5.69 Å². The summed E-state index contributed by atoms with van der Waals surface area (Å²) in [6.07, 6.45) is 0. The summed E-state index contributed by atoms with van der Waals surface area (Å²) in [6, 6.07) is 6.67. The molecule has 3 nitrogen and oxygen atoms in total. The van der Waals surface area contributed by atoms with Crippen molar-refractivity contribution in [2.45, 2.75) is 33.1 Å². The van der Waals surface area contributed by atoms with Gasteiger partial charge in [-0.3, -0.25) is 0 Å². The van der Waals surface area contributed by atoms with Crippen molar-refractivity contribution in [1.29, 1.82) is 0 Å². The number of hydrogen-bond acceptors (Lipinski definition) is 3. The number of ether oxygens (including phenoxy) is 1. The molecule has 0 amide bonds. The van der Waals surface area contributed by atoms with Gasteiger partial charge in [0.05, 0.1) is 13.2 Å². The van der Waals surface area contributed by atoms with Gasteiger partial charge in [-0.25, -0.2) is 0 Å². The quantitative estimate of drug-likeness (QED) is 0.877. The molecule has 0 radical (unpaired) electrons. The lowest BCUT2D eigenvalue weighted by Gasteiger charge is -2.41. The third-order valence-electron chi connectivity index (χ3n) is 4.01. The van der Waals surface area contributed by atoms with Crippen LogP contribution in [-0.2, 0) is 10.2 Å². The predicted octanol–water partition coefficient (Wildman–Crippen LogP) is 2.68. The highest BCUT2D eigenvalue weighted by molar-refractivity contribution is 5.54. The standard InChI is InChI=1S/C16H26N2O/c1-12-5-6-13(15(2,3)4)7-14(12)18-9-16(8-17)10-19-11-16/h5-7,18H,8-11,17H2,1-4H3. The van der Waals surface area contributed by atoms with Crippen molar-refractivity contribution in [3.8, 4) is 0 Å². The van der Waals surface area contributed by atoms with E-state index < -0.39 is 0 Å². The molecule has 1 aromatic rings. The zero-order valence-corrected chi connectivity index (χ0v) is 12.5. The maximum absolute atomic E-state index is 5.85. The Labute approximate surface area is 116 Å². The van der Waals surface area contributed by atoms with Crippen LogP contribution in [0.25, 0.3) is 0 Å². The van der Waals surface area contributed by atoms with Gasteiger partial charge in [0.25, 0.3) is 0 Å². The number of hydrogen-bond donors (Lipinski definition) is 2. The second-order valence-corrected chi connectivity index (χ2v) is 6.83. The molecule has 1 heterocycles. The first kappa shape index (κ1) is 14.4. The fourth-order valence-electron chi connectivity index (χ4n) is 2.24. The molecule has 0 saturated carbocycles. The van der Waals surface area contributed by atoms with Crippen LogP contribution in [0.1, 0.15) is 31.9 Å². The summed E-state index contributed by atoms with van der Waals surface area (Å²) in [6.45, 7) is 12.0. The smallest absolute Gasteiger partial charge is 0.0574 e. The van der Waals surface area contributed by atoms with Gasteiger partial charge in [-0.05, 0) is 29.5 Å². The summed E-state index contributed by atoms with van der Waals surface area (Å²) in [5, 5.41) is 3.56. The second kappa shape index (κ2) is 5.14. The Morgan fingerprint density at radius 3 is 2.47 bits per heavy atom. The lowest BCUT2D eigenvalue weighted by atomic mass is 9.85. The molecule has 0 spiro atoms. The molecule has 19 heavy (non-hydrogen) atoms. The predicted molar refractivity (Wildman–Crippen MR) is 80.7 cm³/mol. The largest absolute Gasteiger partial charge is 0.384 e. The minimum Gasteiger partial charge on any atom is -0.384 e. The van der Waals surface area contributed by atoms with Gasteiger partial charge in [-0.2, -0.15) is 0 Å². The van der Waals surface area contributed by atoms with Crippen LogP contribution in [-0.4, -0.2) is 26.3 Å². The van der Waals surface area contributed by atoms with Gasteiger partial charge in [-0.15, -0.1) is 0 Å². The van der Waals surface area contributed by atoms with Crippen molar-refractivity contribution in [3.05, 3.63) is 29.3 Å². The van der Waals surface area contributed by atoms with Crippen molar-refractivity contribution < 1.29 is 4.74 Å². The Kier molecular flexibility index (Phi) is 3.88. The van der Waals surface area contributed by atoms with Gasteiger partial charge in [0.2, 0.25) is 0 Å². The molecule has 3 heteroatoms. The molecule has 106 valence electrons. The van der Waals surface area contributed by atoms with E-state index in [9.17, 15) is 0 Å². The average Bonchev–Trinajstić information content (AvgIpc) is 2.29. The summed E-state index contributed by atoms with van der Waals surface area (Å²) in [5.41, 5.74) is 10.0. The van der Waals surface area contributed by atoms with E-state index in [1.54, 1.807) is 0 Å². The lowest BCUT2D eigenvalue weighted by Crippen LogP contribution is -2.52. The zero-order valence-electron chi connectivity index (χ0n) is 12.5. The van der Waals surface area contributed by atoms with Crippen LogP contribution < -0.4 is 11.1 Å². The maximum Gasteiger partial charge on any atom is 0.0574 e. The van der Waals surface area contributed by atoms with Crippen molar-refractivity contribution in [1.82, 2.24) is 0 Å². The minimum atomic E-state index is 0.129. The second-order valence-electron chi connectivity index (χ2n) is 6.83. The van der Waals surface area contributed by atoms with Crippen LogP contribution in [0.5, 0.6) is 0 Å². The highest BCUT2D eigenvalue weighted by atomic mass is 16.5. The molecule has 0 aromatic heterocycles. The van der Waals surface area contributed by atoms with E-state index >= 15 is 0 Å². The Morgan fingerprint density at radius 2 is 2.00 bits per heavy atom. The number of nitrogens with one attached hydrogen (secondary N) is 1. The maximum atomic E-state index is 5.85.